The van der Waals surface area contributed by atoms with Crippen molar-refractivity contribution in [1.82, 2.24) is 10.1 Å². The predicted molar refractivity (Wildman–Crippen MR) is 108 cm³/mol. The van der Waals surface area contributed by atoms with Crippen LogP contribution in [0, 0.1) is 0 Å². The third-order valence-corrected chi connectivity index (χ3v) is 5.17. The molecule has 0 radical (unpaired) electrons. The normalized spacial score (nSPS) is 14.4. The van der Waals surface area contributed by atoms with E-state index in [9.17, 15) is 9.59 Å². The second kappa shape index (κ2) is 7.96. The van der Waals surface area contributed by atoms with Gasteiger partial charge in [0.05, 0.1) is 16.8 Å². The quantitative estimate of drug-likeness (QED) is 0.422. The van der Waals surface area contributed by atoms with Gasteiger partial charge < -0.3 is 15.2 Å². The SMILES string of the molecule is CCSc1n[n+]2c(c(=O)[nH]1)-c1ccccc1N[C@@H]2c1ccccc1OCC(=O)O. The number of anilines is 1. The molecule has 0 amide bonds. The lowest BCUT2D eigenvalue weighted by molar-refractivity contribution is -0.759. The topological polar surface area (TPSA) is 108 Å². The van der Waals surface area contributed by atoms with E-state index >= 15 is 0 Å². The zero-order valence-electron chi connectivity index (χ0n) is 15.6. The van der Waals surface area contributed by atoms with Crippen LogP contribution in [0.1, 0.15) is 18.7 Å². The first-order valence-electron chi connectivity index (χ1n) is 9.07. The van der Waals surface area contributed by atoms with Crippen LogP contribution in [0.25, 0.3) is 11.3 Å². The Hall–Kier alpha value is -3.33. The predicted octanol–water partition coefficient (Wildman–Crippen LogP) is 2.27. The molecule has 4 rings (SSSR count). The molecule has 1 atom stereocenters. The summed E-state index contributed by atoms with van der Waals surface area (Å²) in [5.41, 5.74) is 2.40. The van der Waals surface area contributed by atoms with Gasteiger partial charge in [-0.1, -0.05) is 43.0 Å². The molecular weight excluding hydrogens is 392 g/mol. The van der Waals surface area contributed by atoms with Crippen molar-refractivity contribution in [3.05, 3.63) is 64.4 Å². The van der Waals surface area contributed by atoms with Crippen molar-refractivity contribution in [3.63, 3.8) is 0 Å². The number of hydrogen-bond acceptors (Lipinski definition) is 6. The number of benzene rings is 2. The minimum atomic E-state index is -1.06. The molecule has 0 unspecified atom stereocenters. The number of ether oxygens (including phenoxy) is 1. The van der Waals surface area contributed by atoms with Crippen molar-refractivity contribution in [1.29, 1.82) is 0 Å². The Balaban J connectivity index is 1.89. The number of carbonyl (C=O) groups is 1. The van der Waals surface area contributed by atoms with E-state index in [1.807, 2.05) is 43.3 Å². The number of hydrogen-bond donors (Lipinski definition) is 3. The molecule has 1 aliphatic heterocycles. The second-order valence-corrected chi connectivity index (χ2v) is 7.55. The summed E-state index contributed by atoms with van der Waals surface area (Å²) < 4.78 is 7.13. The Labute approximate surface area is 170 Å². The standard InChI is InChI=1S/C20H18N4O4S/c1-2-29-20-22-19(27)17-12-7-3-5-9-14(12)21-18(24(17)23-20)13-8-4-6-10-15(13)28-11-16(25)26/h3-10,18H,2,11H2,1H3,(H2,22,23,25,26,27)/p+1/t18-/m0/s1. The molecule has 29 heavy (non-hydrogen) atoms. The number of carboxylic acids is 1. The first kappa shape index (κ1) is 19.0. The number of carboxylic acid groups (broad SMARTS) is 1. The molecule has 1 aliphatic rings. The third kappa shape index (κ3) is 3.68. The molecule has 2 aromatic carbocycles. The van der Waals surface area contributed by atoms with Crippen LogP contribution in [0.5, 0.6) is 5.75 Å². The number of para-hydroxylation sites is 2. The maximum Gasteiger partial charge on any atom is 0.341 e. The summed E-state index contributed by atoms with van der Waals surface area (Å²) >= 11 is 1.43. The number of aliphatic carboxylic acids is 1. The van der Waals surface area contributed by atoms with Gasteiger partial charge in [-0.05, 0) is 34.7 Å². The molecule has 0 spiro atoms. The number of H-pyrrole nitrogens is 1. The average Bonchev–Trinajstić information content (AvgIpc) is 2.72. The Morgan fingerprint density at radius 3 is 2.79 bits per heavy atom. The number of aromatic amines is 1. The number of aromatic nitrogens is 3. The molecule has 3 aromatic rings. The molecule has 0 bridgehead atoms. The van der Waals surface area contributed by atoms with Gasteiger partial charge in [-0.15, -0.1) is 0 Å². The van der Waals surface area contributed by atoms with E-state index in [-0.39, 0.29) is 5.56 Å². The minimum absolute atomic E-state index is 0.237. The van der Waals surface area contributed by atoms with Crippen molar-refractivity contribution in [3.8, 4) is 17.0 Å². The molecule has 2 heterocycles. The van der Waals surface area contributed by atoms with Crippen LogP contribution in [0.15, 0.2) is 58.5 Å². The number of nitrogens with one attached hydrogen (secondary N) is 2. The van der Waals surface area contributed by atoms with E-state index in [1.54, 1.807) is 16.8 Å². The maximum absolute atomic E-state index is 12.9. The number of rotatable bonds is 6. The van der Waals surface area contributed by atoms with E-state index in [2.05, 4.69) is 15.4 Å². The van der Waals surface area contributed by atoms with E-state index in [1.165, 1.54) is 11.8 Å². The van der Waals surface area contributed by atoms with Gasteiger partial charge in [0.25, 0.3) is 6.17 Å². The highest BCUT2D eigenvalue weighted by Gasteiger charge is 2.39. The molecule has 3 N–H and O–H groups in total. The highest BCUT2D eigenvalue weighted by Crippen LogP contribution is 2.34. The van der Waals surface area contributed by atoms with E-state index < -0.39 is 18.7 Å². The van der Waals surface area contributed by atoms with Crippen LogP contribution in [-0.2, 0) is 4.79 Å². The summed E-state index contributed by atoms with van der Waals surface area (Å²) in [4.78, 5) is 26.8. The summed E-state index contributed by atoms with van der Waals surface area (Å²) in [5, 5.41) is 17.6. The summed E-state index contributed by atoms with van der Waals surface area (Å²) in [7, 11) is 0. The molecule has 0 aliphatic carbocycles. The van der Waals surface area contributed by atoms with Crippen LogP contribution < -0.4 is 20.3 Å². The van der Waals surface area contributed by atoms with Crippen molar-refractivity contribution in [2.75, 3.05) is 17.7 Å². The Morgan fingerprint density at radius 1 is 1.24 bits per heavy atom. The summed E-state index contributed by atoms with van der Waals surface area (Å²) in [6, 6.07) is 14.6. The highest BCUT2D eigenvalue weighted by molar-refractivity contribution is 7.99. The van der Waals surface area contributed by atoms with Gasteiger partial charge in [0.1, 0.15) is 5.75 Å². The van der Waals surface area contributed by atoms with E-state index in [4.69, 9.17) is 9.84 Å². The number of fused-ring (bicyclic) bond motifs is 3. The van der Waals surface area contributed by atoms with Crippen LogP contribution >= 0.6 is 11.8 Å². The Morgan fingerprint density at radius 2 is 2.00 bits per heavy atom. The van der Waals surface area contributed by atoms with Gasteiger partial charge in [-0.25, -0.2) is 4.79 Å². The fourth-order valence-electron chi connectivity index (χ4n) is 3.28. The zero-order valence-corrected chi connectivity index (χ0v) is 16.4. The average molecular weight is 411 g/mol. The molecule has 0 fully saturated rings. The smallest absolute Gasteiger partial charge is 0.341 e. The van der Waals surface area contributed by atoms with Crippen LogP contribution in [-0.4, -0.2) is 33.5 Å². The molecule has 8 nitrogen and oxygen atoms in total. The fraction of sp³-hybridized carbons (Fsp3) is 0.200. The van der Waals surface area contributed by atoms with Crippen LogP contribution in [0.3, 0.4) is 0 Å². The lowest BCUT2D eigenvalue weighted by Gasteiger charge is -2.23. The molecule has 148 valence electrons. The van der Waals surface area contributed by atoms with E-state index in [0.29, 0.717) is 22.2 Å². The molecular formula is C20H19N4O4S+. The summed E-state index contributed by atoms with van der Waals surface area (Å²) in [6.45, 7) is 1.52. The van der Waals surface area contributed by atoms with Gasteiger partial charge in [0.15, 0.2) is 6.61 Å². The third-order valence-electron chi connectivity index (χ3n) is 4.43. The van der Waals surface area contributed by atoms with Crippen LogP contribution in [0.2, 0.25) is 0 Å². The number of thioether (sulfide) groups is 1. The summed E-state index contributed by atoms with van der Waals surface area (Å²) in [6.07, 6.45) is -0.539. The molecule has 0 saturated carbocycles. The van der Waals surface area contributed by atoms with Gasteiger partial charge in [-0.2, -0.15) is 0 Å². The lowest BCUT2D eigenvalue weighted by Crippen LogP contribution is -2.55. The first-order chi connectivity index (χ1) is 14.1. The first-order valence-corrected chi connectivity index (χ1v) is 10.1. The molecule has 0 saturated heterocycles. The maximum atomic E-state index is 12.9. The Bertz CT molecular complexity index is 1130. The van der Waals surface area contributed by atoms with Crippen molar-refractivity contribution in [2.24, 2.45) is 0 Å². The number of nitrogens with zero attached hydrogens (tertiary/aromatic N) is 2. The van der Waals surface area contributed by atoms with Gasteiger partial charge in [0.2, 0.25) is 5.16 Å². The molecule has 1 aromatic heterocycles. The fourth-order valence-corrected chi connectivity index (χ4v) is 3.86. The monoisotopic (exact) mass is 411 g/mol. The van der Waals surface area contributed by atoms with Gasteiger partial charge >= 0.3 is 17.2 Å². The minimum Gasteiger partial charge on any atom is -0.481 e. The summed E-state index contributed by atoms with van der Waals surface area (Å²) in [5.74, 6) is 0.109. The highest BCUT2D eigenvalue weighted by atomic mass is 32.2. The zero-order chi connectivity index (χ0) is 20.4. The van der Waals surface area contributed by atoms with Gasteiger partial charge in [0, 0.05) is 5.10 Å². The molecule has 9 heteroatoms. The van der Waals surface area contributed by atoms with Crippen LogP contribution in [0.4, 0.5) is 5.69 Å². The Kier molecular flexibility index (Phi) is 5.22. The second-order valence-electron chi connectivity index (χ2n) is 6.30. The van der Waals surface area contributed by atoms with Crippen molar-refractivity contribution < 1.29 is 19.3 Å². The van der Waals surface area contributed by atoms with E-state index in [0.717, 1.165) is 17.0 Å². The largest absolute Gasteiger partial charge is 0.481 e. The lowest BCUT2D eigenvalue weighted by atomic mass is 10.0. The van der Waals surface area contributed by atoms with Gasteiger partial charge in [-0.3, -0.25) is 9.78 Å². The van der Waals surface area contributed by atoms with Crippen molar-refractivity contribution in [2.45, 2.75) is 18.2 Å². The van der Waals surface area contributed by atoms with Crippen molar-refractivity contribution >= 4 is 23.4 Å².